The summed E-state index contributed by atoms with van der Waals surface area (Å²) in [5.74, 6) is 3.74. The lowest BCUT2D eigenvalue weighted by molar-refractivity contribution is -0.117. The minimum absolute atomic E-state index is 0.0240. The number of anilines is 1. The number of ether oxygens (including phenoxy) is 1. The second kappa shape index (κ2) is 7.82. The quantitative estimate of drug-likeness (QED) is 0.344. The molecule has 0 aromatic carbocycles. The van der Waals surface area contributed by atoms with Crippen LogP contribution in [0.5, 0.6) is 5.75 Å². The molecule has 9 heteroatoms. The molecule has 4 amide bonds. The summed E-state index contributed by atoms with van der Waals surface area (Å²) in [7, 11) is 2.99. The molecule has 1 fully saturated rings. The average Bonchev–Trinajstić information content (AvgIpc) is 2.99. The van der Waals surface area contributed by atoms with Crippen LogP contribution in [-0.4, -0.2) is 49.0 Å². The Balaban J connectivity index is 2.19. The Hall–Kier alpha value is -3.28. The fraction of sp³-hybridized carbons (Fsp3) is 0.333. The van der Waals surface area contributed by atoms with Gasteiger partial charge in [0.05, 0.1) is 7.11 Å². The molecule has 0 atom stereocenters. The molecule has 1 aliphatic heterocycles. The van der Waals surface area contributed by atoms with E-state index in [0.29, 0.717) is 30.2 Å². The van der Waals surface area contributed by atoms with E-state index in [2.05, 4.69) is 22.4 Å². The van der Waals surface area contributed by atoms with Crippen molar-refractivity contribution >= 4 is 24.2 Å². The Morgan fingerprint density at radius 1 is 1.50 bits per heavy atom. The number of amides is 4. The van der Waals surface area contributed by atoms with Crippen LogP contribution in [0.1, 0.15) is 18.5 Å². The number of pyridine rings is 1. The summed E-state index contributed by atoms with van der Waals surface area (Å²) in [5.41, 5.74) is 2.64. The predicted octanol–water partition coefficient (Wildman–Crippen LogP) is -0.172. The van der Waals surface area contributed by atoms with E-state index in [-0.39, 0.29) is 12.3 Å². The molecule has 1 aliphatic rings. The molecule has 2 N–H and O–H groups in total. The molecule has 9 nitrogen and oxygen atoms in total. The summed E-state index contributed by atoms with van der Waals surface area (Å²) >= 11 is 0. The first kappa shape index (κ1) is 17.1. The van der Waals surface area contributed by atoms with Crippen LogP contribution in [0.2, 0.25) is 0 Å². The maximum absolute atomic E-state index is 11.8. The van der Waals surface area contributed by atoms with Crippen molar-refractivity contribution in [2.45, 2.75) is 12.8 Å². The lowest BCUT2D eigenvalue weighted by atomic mass is 10.3. The topological polar surface area (TPSA) is 104 Å². The van der Waals surface area contributed by atoms with E-state index in [9.17, 15) is 14.4 Å². The lowest BCUT2D eigenvalue weighted by Crippen LogP contribution is -2.42. The van der Waals surface area contributed by atoms with Gasteiger partial charge in [-0.15, -0.1) is 0 Å². The van der Waals surface area contributed by atoms with Gasteiger partial charge in [0, 0.05) is 26.1 Å². The molecule has 1 aromatic heterocycles. The lowest BCUT2D eigenvalue weighted by Gasteiger charge is -2.15. The van der Waals surface area contributed by atoms with Gasteiger partial charge in [0.2, 0.25) is 12.3 Å². The van der Waals surface area contributed by atoms with Crippen molar-refractivity contribution in [2.24, 2.45) is 0 Å². The maximum Gasteiger partial charge on any atom is 0.340 e. The van der Waals surface area contributed by atoms with E-state index in [1.807, 2.05) is 5.32 Å². The van der Waals surface area contributed by atoms with Crippen molar-refractivity contribution in [3.8, 4) is 17.7 Å². The Bertz CT molecular complexity index is 710. The van der Waals surface area contributed by atoms with Gasteiger partial charge >= 0.3 is 6.03 Å². The molecule has 126 valence electrons. The Morgan fingerprint density at radius 2 is 2.29 bits per heavy atom. The highest BCUT2D eigenvalue weighted by molar-refractivity contribution is 5.94. The number of urea groups is 1. The van der Waals surface area contributed by atoms with E-state index in [1.165, 1.54) is 19.2 Å². The molecule has 2 rings (SSSR count). The molecular weight excluding hydrogens is 314 g/mol. The molecule has 0 bridgehead atoms. The first-order chi connectivity index (χ1) is 11.5. The molecule has 0 aliphatic carbocycles. The highest BCUT2D eigenvalue weighted by atomic mass is 16.5. The number of imide groups is 1. The highest BCUT2D eigenvalue weighted by Gasteiger charge is 2.23. The largest absolute Gasteiger partial charge is 0.494 e. The van der Waals surface area contributed by atoms with Crippen molar-refractivity contribution < 1.29 is 19.1 Å². The molecule has 0 unspecified atom stereocenters. The third-order valence-electron chi connectivity index (χ3n) is 3.21. The highest BCUT2D eigenvalue weighted by Crippen LogP contribution is 2.23. The predicted molar refractivity (Wildman–Crippen MR) is 84.7 cm³/mol. The van der Waals surface area contributed by atoms with Gasteiger partial charge in [-0.05, 0) is 24.5 Å². The van der Waals surface area contributed by atoms with Crippen LogP contribution >= 0.6 is 0 Å². The number of rotatable bonds is 4. The summed E-state index contributed by atoms with van der Waals surface area (Å²) in [4.78, 5) is 39.1. The molecule has 1 saturated heterocycles. The monoisotopic (exact) mass is 331 g/mol. The van der Waals surface area contributed by atoms with Crippen molar-refractivity contribution in [2.75, 3.05) is 25.6 Å². The molecular formula is C15H17N5O4. The number of aromatic nitrogens is 1. The fourth-order valence-electron chi connectivity index (χ4n) is 2.13. The molecule has 1 aromatic rings. The van der Waals surface area contributed by atoms with Gasteiger partial charge in [-0.2, -0.15) is 0 Å². The summed E-state index contributed by atoms with van der Waals surface area (Å²) in [6, 6.07) is 5.32. The van der Waals surface area contributed by atoms with Crippen LogP contribution in [0.15, 0.2) is 12.1 Å². The normalized spacial score (nSPS) is 12.9. The van der Waals surface area contributed by atoms with E-state index >= 15 is 0 Å². The van der Waals surface area contributed by atoms with Crippen LogP contribution in [0, 0.1) is 12.0 Å². The van der Waals surface area contributed by atoms with Crippen molar-refractivity contribution in [1.29, 1.82) is 0 Å². The number of carbonyl (C=O) groups is 3. The molecule has 0 saturated carbocycles. The Kier molecular flexibility index (Phi) is 5.57. The third-order valence-corrected chi connectivity index (χ3v) is 3.21. The van der Waals surface area contributed by atoms with E-state index in [1.54, 1.807) is 17.0 Å². The molecule has 0 radical (unpaired) electrons. The van der Waals surface area contributed by atoms with Gasteiger partial charge < -0.3 is 4.74 Å². The maximum atomic E-state index is 11.8. The minimum Gasteiger partial charge on any atom is -0.494 e. The van der Waals surface area contributed by atoms with Gasteiger partial charge in [0.1, 0.15) is 5.82 Å². The minimum atomic E-state index is -0.710. The second-order valence-electron chi connectivity index (χ2n) is 4.87. The first-order valence-electron chi connectivity index (χ1n) is 7.16. The second-order valence-corrected chi connectivity index (χ2v) is 4.87. The van der Waals surface area contributed by atoms with Gasteiger partial charge in [0.15, 0.2) is 11.4 Å². The van der Waals surface area contributed by atoms with E-state index in [0.717, 1.165) is 6.42 Å². The number of methoxy groups -OCH3 is 1. The number of hydrazine groups is 1. The van der Waals surface area contributed by atoms with E-state index in [4.69, 9.17) is 4.74 Å². The third kappa shape index (κ3) is 4.13. The van der Waals surface area contributed by atoms with Gasteiger partial charge in [-0.3, -0.25) is 19.8 Å². The number of carbonyl (C=O) groups excluding carboxylic acids is 3. The summed E-state index contributed by atoms with van der Waals surface area (Å²) in [6.45, 7) is 0.623. The smallest absolute Gasteiger partial charge is 0.340 e. The van der Waals surface area contributed by atoms with Gasteiger partial charge in [-0.25, -0.2) is 20.2 Å². The average molecular weight is 331 g/mol. The zero-order chi connectivity index (χ0) is 17.5. The van der Waals surface area contributed by atoms with Crippen LogP contribution in [-0.2, 0) is 9.59 Å². The Labute approximate surface area is 138 Å². The SMILES string of the molecule is COc1ccc(N2CCCC2=O)nc1C#CN(C)NC(=O)NC=O. The van der Waals surface area contributed by atoms with Crippen molar-refractivity contribution in [1.82, 2.24) is 20.7 Å². The summed E-state index contributed by atoms with van der Waals surface area (Å²) in [5, 5.41) is 3.10. The van der Waals surface area contributed by atoms with Crippen LogP contribution < -0.4 is 20.4 Å². The van der Waals surface area contributed by atoms with Gasteiger partial charge in [-0.1, -0.05) is 0 Å². The standard InChI is InChI=1S/C15H17N5O4/c1-19(18-15(23)16-10-21)9-7-11-12(24-2)5-6-13(17-11)20-8-3-4-14(20)22/h5-6,10H,3-4,8H2,1-2H3,(H2,16,18,21,23). The van der Waals surface area contributed by atoms with Crippen LogP contribution in [0.25, 0.3) is 0 Å². The number of hydrogen-bond acceptors (Lipinski definition) is 6. The number of nitrogens with zero attached hydrogens (tertiary/aromatic N) is 3. The zero-order valence-corrected chi connectivity index (χ0v) is 13.3. The summed E-state index contributed by atoms with van der Waals surface area (Å²) < 4.78 is 5.21. The molecule has 0 spiro atoms. The van der Waals surface area contributed by atoms with Gasteiger partial charge in [0.25, 0.3) is 0 Å². The van der Waals surface area contributed by atoms with Crippen molar-refractivity contribution in [3.05, 3.63) is 17.8 Å². The number of hydrogen-bond donors (Lipinski definition) is 2. The zero-order valence-electron chi connectivity index (χ0n) is 13.3. The summed E-state index contributed by atoms with van der Waals surface area (Å²) in [6.07, 6.45) is 1.57. The first-order valence-corrected chi connectivity index (χ1v) is 7.16. The molecule has 2 heterocycles. The number of nitrogens with one attached hydrogen (secondary N) is 2. The molecule has 24 heavy (non-hydrogen) atoms. The van der Waals surface area contributed by atoms with Crippen LogP contribution in [0.4, 0.5) is 10.6 Å². The van der Waals surface area contributed by atoms with E-state index < -0.39 is 6.03 Å². The fourth-order valence-corrected chi connectivity index (χ4v) is 2.13. The van der Waals surface area contributed by atoms with Crippen molar-refractivity contribution in [3.63, 3.8) is 0 Å². The Morgan fingerprint density at radius 3 is 2.92 bits per heavy atom. The van der Waals surface area contributed by atoms with Crippen LogP contribution in [0.3, 0.4) is 0 Å².